The number of hydrogen-bond donors (Lipinski definition) is 0. The van der Waals surface area contributed by atoms with Crippen molar-refractivity contribution in [2.24, 2.45) is 11.8 Å². The molecule has 0 spiro atoms. The van der Waals surface area contributed by atoms with E-state index in [9.17, 15) is 0 Å². The van der Waals surface area contributed by atoms with Crippen molar-refractivity contribution >= 4 is 18.8 Å². The Morgan fingerprint density at radius 1 is 1.06 bits per heavy atom. The lowest BCUT2D eigenvalue weighted by Gasteiger charge is -2.30. The summed E-state index contributed by atoms with van der Waals surface area (Å²) in [4.78, 5) is 0. The Morgan fingerprint density at radius 3 is 2.24 bits per heavy atom. The van der Waals surface area contributed by atoms with E-state index in [1.54, 1.807) is 0 Å². The maximum absolute atomic E-state index is 6.48. The zero-order valence-corrected chi connectivity index (χ0v) is 14.9. The lowest BCUT2D eigenvalue weighted by Crippen LogP contribution is -2.30. The first-order valence-electron chi connectivity index (χ1n) is 7.71. The van der Waals surface area contributed by atoms with E-state index in [0.29, 0.717) is 0 Å². The van der Waals surface area contributed by atoms with Gasteiger partial charge in [-0.2, -0.15) is 0 Å². The molecule has 102 valence electrons. The normalized spacial score (nSPS) is 20.8. The van der Waals surface area contributed by atoms with Gasteiger partial charge < -0.3 is 4.12 Å². The zero-order valence-electron chi connectivity index (χ0n) is 12.4. The summed E-state index contributed by atoms with van der Waals surface area (Å²) in [6.07, 6.45) is 7.39. The molecule has 0 aromatic heterocycles. The van der Waals surface area contributed by atoms with Crippen molar-refractivity contribution in [2.45, 2.75) is 77.4 Å². The predicted molar refractivity (Wildman–Crippen MR) is 82.9 cm³/mol. The van der Waals surface area contributed by atoms with Gasteiger partial charge in [0.2, 0.25) is 0 Å². The van der Waals surface area contributed by atoms with Crippen LogP contribution >= 0.6 is 0 Å². The molecule has 1 rings (SSSR count). The fourth-order valence-electron chi connectivity index (χ4n) is 2.82. The molecular formula is C14H32OSi2. The van der Waals surface area contributed by atoms with E-state index >= 15 is 0 Å². The quantitative estimate of drug-likeness (QED) is 0.639. The molecular weight excluding hydrogens is 240 g/mol. The maximum Gasteiger partial charge on any atom is 0.166 e. The molecule has 0 saturated heterocycles. The molecule has 3 heteroatoms. The van der Waals surface area contributed by atoms with Gasteiger partial charge in [-0.3, -0.25) is 0 Å². The minimum absolute atomic E-state index is 0.210. The van der Waals surface area contributed by atoms with Gasteiger partial charge in [0.1, 0.15) is 9.76 Å². The number of rotatable bonds is 7. The molecule has 1 aliphatic carbocycles. The Kier molecular flexibility index (Phi) is 7.71. The summed E-state index contributed by atoms with van der Waals surface area (Å²) < 4.78 is 6.48. The van der Waals surface area contributed by atoms with Gasteiger partial charge in [-0.05, 0) is 29.5 Å². The summed E-state index contributed by atoms with van der Waals surface area (Å²) in [7, 11) is -1.08. The molecule has 0 aliphatic heterocycles. The van der Waals surface area contributed by atoms with Crippen molar-refractivity contribution in [1.29, 1.82) is 0 Å². The van der Waals surface area contributed by atoms with Gasteiger partial charge >= 0.3 is 0 Å². The van der Waals surface area contributed by atoms with Gasteiger partial charge in [0.05, 0.1) is 0 Å². The van der Waals surface area contributed by atoms with Gasteiger partial charge in [-0.25, -0.2) is 0 Å². The van der Waals surface area contributed by atoms with E-state index in [2.05, 4.69) is 27.7 Å². The van der Waals surface area contributed by atoms with Crippen LogP contribution in [-0.4, -0.2) is 18.8 Å². The highest BCUT2D eigenvalue weighted by atomic mass is 28.3. The number of hydrogen-bond acceptors (Lipinski definition) is 1. The first-order chi connectivity index (χ1) is 8.09. The van der Waals surface area contributed by atoms with Crippen molar-refractivity contribution in [2.75, 3.05) is 0 Å². The Labute approximate surface area is 112 Å². The highest BCUT2D eigenvalue weighted by molar-refractivity contribution is 6.60. The highest BCUT2D eigenvalue weighted by Crippen LogP contribution is 2.34. The molecule has 1 aliphatic rings. The fraction of sp³-hybridized carbons (Fsp3) is 1.00. The minimum Gasteiger partial charge on any atom is -0.462 e. The minimum atomic E-state index is -0.870. The van der Waals surface area contributed by atoms with E-state index in [1.165, 1.54) is 44.2 Å². The molecule has 1 unspecified atom stereocenters. The lowest BCUT2D eigenvalue weighted by molar-refractivity contribution is 0.449. The third-order valence-corrected chi connectivity index (χ3v) is 11.1. The average Bonchev–Trinajstić information content (AvgIpc) is 2.28. The zero-order chi connectivity index (χ0) is 12.7. The van der Waals surface area contributed by atoms with Crippen molar-refractivity contribution in [1.82, 2.24) is 0 Å². The summed E-state index contributed by atoms with van der Waals surface area (Å²) in [6.45, 7) is 9.40. The highest BCUT2D eigenvalue weighted by Gasteiger charge is 2.26. The standard InChI is InChI=1S/C14H32OSi2/c1-12(2)10-16-15-17(11-13(3)4)14-8-6-5-7-9-14/h12-14,17H,5-11,16H2,1-4H3. The Morgan fingerprint density at radius 2 is 1.71 bits per heavy atom. The Hall–Kier alpha value is 0.394. The van der Waals surface area contributed by atoms with Crippen LogP contribution in [0, 0.1) is 11.8 Å². The van der Waals surface area contributed by atoms with Crippen LogP contribution in [0.4, 0.5) is 0 Å². The summed E-state index contributed by atoms with van der Waals surface area (Å²) in [6, 6.07) is 2.81. The third-order valence-electron chi connectivity index (χ3n) is 3.91. The third kappa shape index (κ3) is 6.77. The van der Waals surface area contributed by atoms with Crippen LogP contribution in [0.2, 0.25) is 17.6 Å². The molecule has 0 aromatic carbocycles. The van der Waals surface area contributed by atoms with Crippen molar-refractivity contribution in [3.8, 4) is 0 Å². The van der Waals surface area contributed by atoms with E-state index < -0.39 is 9.04 Å². The summed E-state index contributed by atoms with van der Waals surface area (Å²) >= 11 is 0. The van der Waals surface area contributed by atoms with Crippen LogP contribution in [-0.2, 0) is 4.12 Å². The van der Waals surface area contributed by atoms with E-state index in [4.69, 9.17) is 4.12 Å². The van der Waals surface area contributed by atoms with Crippen LogP contribution < -0.4 is 0 Å². The van der Waals surface area contributed by atoms with Crippen LogP contribution in [0.1, 0.15) is 59.8 Å². The van der Waals surface area contributed by atoms with Gasteiger partial charge in [0.25, 0.3) is 0 Å². The van der Waals surface area contributed by atoms with Gasteiger partial charge in [0, 0.05) is 0 Å². The van der Waals surface area contributed by atoms with Gasteiger partial charge in [-0.1, -0.05) is 59.8 Å². The molecule has 0 heterocycles. The van der Waals surface area contributed by atoms with E-state index in [-0.39, 0.29) is 9.76 Å². The Balaban J connectivity index is 2.35. The molecule has 1 saturated carbocycles. The van der Waals surface area contributed by atoms with Crippen LogP contribution in [0.25, 0.3) is 0 Å². The first-order valence-corrected chi connectivity index (χ1v) is 11.2. The fourth-order valence-corrected chi connectivity index (χ4v) is 9.21. The van der Waals surface area contributed by atoms with E-state index in [0.717, 1.165) is 17.4 Å². The van der Waals surface area contributed by atoms with Crippen molar-refractivity contribution in [3.63, 3.8) is 0 Å². The second-order valence-corrected chi connectivity index (χ2v) is 11.4. The van der Waals surface area contributed by atoms with Crippen LogP contribution in [0.5, 0.6) is 0 Å². The van der Waals surface area contributed by atoms with Crippen LogP contribution in [0.15, 0.2) is 0 Å². The molecule has 0 amide bonds. The molecule has 0 radical (unpaired) electrons. The topological polar surface area (TPSA) is 9.23 Å². The Bertz CT molecular complexity index is 189. The molecule has 1 fully saturated rings. The van der Waals surface area contributed by atoms with Crippen LogP contribution in [0.3, 0.4) is 0 Å². The molecule has 1 atom stereocenters. The second kappa shape index (κ2) is 8.49. The van der Waals surface area contributed by atoms with Gasteiger partial charge in [-0.15, -0.1) is 0 Å². The largest absolute Gasteiger partial charge is 0.462 e. The molecule has 17 heavy (non-hydrogen) atoms. The molecule has 1 nitrogen and oxygen atoms in total. The monoisotopic (exact) mass is 272 g/mol. The smallest absolute Gasteiger partial charge is 0.166 e. The predicted octanol–water partition coefficient (Wildman–Crippen LogP) is 3.88. The first kappa shape index (κ1) is 15.5. The van der Waals surface area contributed by atoms with Crippen molar-refractivity contribution < 1.29 is 4.12 Å². The van der Waals surface area contributed by atoms with Gasteiger partial charge in [0.15, 0.2) is 9.04 Å². The summed E-state index contributed by atoms with van der Waals surface area (Å²) in [5.74, 6) is 1.70. The summed E-state index contributed by atoms with van der Waals surface area (Å²) in [5.41, 5.74) is 1.02. The van der Waals surface area contributed by atoms with E-state index in [1.807, 2.05) is 0 Å². The average molecular weight is 273 g/mol. The molecule has 0 N–H and O–H groups in total. The molecule has 0 aromatic rings. The second-order valence-electron chi connectivity index (χ2n) is 6.62. The molecule has 0 bridgehead atoms. The van der Waals surface area contributed by atoms with Crippen molar-refractivity contribution in [3.05, 3.63) is 0 Å². The SMILES string of the molecule is CC(C)C[SiH2]O[SiH](CC(C)C)C1CCCCC1. The lowest BCUT2D eigenvalue weighted by atomic mass is 10.0. The summed E-state index contributed by atoms with van der Waals surface area (Å²) in [5, 5.41) is 0. The maximum atomic E-state index is 6.48.